The van der Waals surface area contributed by atoms with Gasteiger partial charge in [0.25, 0.3) is 0 Å². The molecule has 0 radical (unpaired) electrons. The van der Waals surface area contributed by atoms with Crippen molar-refractivity contribution in [2.45, 2.75) is 45.8 Å². The predicted molar refractivity (Wildman–Crippen MR) is 89.2 cm³/mol. The third kappa shape index (κ3) is 7.94. The van der Waals surface area contributed by atoms with Crippen LogP contribution in [0.15, 0.2) is 0 Å². The van der Waals surface area contributed by atoms with Crippen LogP contribution in [0, 0.1) is 11.8 Å². The number of carbonyl (C=O) groups excluding carboxylic acids is 3. The number of carbonyl (C=O) groups is 4. The first-order valence-electron chi connectivity index (χ1n) is 7.97. The maximum absolute atomic E-state index is 12.4. The van der Waals surface area contributed by atoms with Crippen molar-refractivity contribution >= 4 is 23.7 Å². The lowest BCUT2D eigenvalue weighted by Gasteiger charge is -2.26. The largest absolute Gasteiger partial charge is 0.480 e. The molecule has 0 fully saturated rings. The number of nitrogens with one attached hydrogen (secondary N) is 3. The number of aliphatic hydroxyl groups is 1. The second-order valence-electron chi connectivity index (χ2n) is 6.36. The first-order chi connectivity index (χ1) is 11.5. The average Bonchev–Trinajstić information content (AvgIpc) is 2.53. The fraction of sp³-hybridized carbons (Fsp3) is 0.733. The molecule has 10 heteroatoms. The highest BCUT2D eigenvalue weighted by Gasteiger charge is 2.30. The molecule has 0 aliphatic carbocycles. The number of rotatable bonds is 10. The fourth-order valence-electron chi connectivity index (χ4n) is 1.83. The van der Waals surface area contributed by atoms with E-state index in [0.717, 1.165) is 0 Å². The van der Waals surface area contributed by atoms with Crippen LogP contribution < -0.4 is 21.7 Å². The van der Waals surface area contributed by atoms with E-state index in [2.05, 4.69) is 16.0 Å². The standard InChI is InChI=1S/C15H28N4O6/c1-7(2)11(16)14(24)19-12(8(3)4)15(25)18-9(6-20)13(23)17-5-10(21)22/h7-9,11-12,20H,5-6,16H2,1-4H3,(H,17,23)(H,18,25)(H,19,24)(H,21,22). The van der Waals surface area contributed by atoms with Crippen molar-refractivity contribution in [3.8, 4) is 0 Å². The summed E-state index contributed by atoms with van der Waals surface area (Å²) in [6.07, 6.45) is 0. The molecule has 0 aromatic carbocycles. The molecule has 144 valence electrons. The van der Waals surface area contributed by atoms with Gasteiger partial charge < -0.3 is 31.9 Å². The van der Waals surface area contributed by atoms with E-state index in [4.69, 9.17) is 10.8 Å². The predicted octanol–water partition coefficient (Wildman–Crippen LogP) is -2.21. The van der Waals surface area contributed by atoms with E-state index in [0.29, 0.717) is 0 Å². The number of aliphatic hydroxyl groups excluding tert-OH is 1. The maximum Gasteiger partial charge on any atom is 0.322 e. The number of carboxylic acids is 1. The van der Waals surface area contributed by atoms with Crippen LogP contribution in [-0.2, 0) is 19.2 Å². The molecular formula is C15H28N4O6. The van der Waals surface area contributed by atoms with Crippen LogP contribution in [0.5, 0.6) is 0 Å². The van der Waals surface area contributed by atoms with E-state index in [1.54, 1.807) is 27.7 Å². The van der Waals surface area contributed by atoms with Gasteiger partial charge in [-0.25, -0.2) is 0 Å². The lowest BCUT2D eigenvalue weighted by molar-refractivity contribution is -0.139. The van der Waals surface area contributed by atoms with E-state index in [9.17, 15) is 24.3 Å². The van der Waals surface area contributed by atoms with Crippen molar-refractivity contribution < 1.29 is 29.4 Å². The summed E-state index contributed by atoms with van der Waals surface area (Å²) in [4.78, 5) is 46.6. The van der Waals surface area contributed by atoms with Crippen molar-refractivity contribution in [2.24, 2.45) is 17.6 Å². The van der Waals surface area contributed by atoms with Gasteiger partial charge in [-0.3, -0.25) is 19.2 Å². The zero-order chi connectivity index (χ0) is 19.7. The fourth-order valence-corrected chi connectivity index (χ4v) is 1.83. The zero-order valence-corrected chi connectivity index (χ0v) is 14.9. The molecule has 0 spiro atoms. The van der Waals surface area contributed by atoms with Crippen LogP contribution >= 0.6 is 0 Å². The van der Waals surface area contributed by atoms with Crippen molar-refractivity contribution in [2.75, 3.05) is 13.2 Å². The lowest BCUT2D eigenvalue weighted by atomic mass is 10.00. The Labute approximate surface area is 146 Å². The van der Waals surface area contributed by atoms with Gasteiger partial charge in [0.05, 0.1) is 12.6 Å². The molecule has 0 heterocycles. The highest BCUT2D eigenvalue weighted by Crippen LogP contribution is 2.05. The Morgan fingerprint density at radius 1 is 0.920 bits per heavy atom. The monoisotopic (exact) mass is 360 g/mol. The van der Waals surface area contributed by atoms with Gasteiger partial charge in [0, 0.05) is 0 Å². The van der Waals surface area contributed by atoms with Crippen LogP contribution in [0.3, 0.4) is 0 Å². The Morgan fingerprint density at radius 3 is 1.88 bits per heavy atom. The number of hydrogen-bond donors (Lipinski definition) is 6. The van der Waals surface area contributed by atoms with Crippen molar-refractivity contribution in [3.05, 3.63) is 0 Å². The van der Waals surface area contributed by atoms with Crippen LogP contribution in [0.2, 0.25) is 0 Å². The van der Waals surface area contributed by atoms with Crippen LogP contribution in [0.4, 0.5) is 0 Å². The number of nitrogens with two attached hydrogens (primary N) is 1. The molecule has 10 nitrogen and oxygen atoms in total. The minimum atomic E-state index is -1.33. The minimum Gasteiger partial charge on any atom is -0.480 e. The Bertz CT molecular complexity index is 494. The van der Waals surface area contributed by atoms with Gasteiger partial charge in [0.15, 0.2) is 0 Å². The first kappa shape index (κ1) is 22.8. The molecule has 7 N–H and O–H groups in total. The highest BCUT2D eigenvalue weighted by atomic mass is 16.4. The van der Waals surface area contributed by atoms with Crippen molar-refractivity contribution in [3.63, 3.8) is 0 Å². The highest BCUT2D eigenvalue weighted by molar-refractivity contribution is 5.93. The summed E-state index contributed by atoms with van der Waals surface area (Å²) in [7, 11) is 0. The van der Waals surface area contributed by atoms with E-state index < -0.39 is 55.0 Å². The second-order valence-corrected chi connectivity index (χ2v) is 6.36. The molecule has 0 aliphatic rings. The molecule has 0 aromatic heterocycles. The molecule has 0 bridgehead atoms. The van der Waals surface area contributed by atoms with E-state index in [1.807, 2.05) is 0 Å². The van der Waals surface area contributed by atoms with Gasteiger partial charge in [-0.1, -0.05) is 27.7 Å². The average molecular weight is 360 g/mol. The third-order valence-corrected chi connectivity index (χ3v) is 3.50. The molecule has 3 unspecified atom stereocenters. The van der Waals surface area contributed by atoms with Gasteiger partial charge in [0.1, 0.15) is 18.6 Å². The van der Waals surface area contributed by atoms with Gasteiger partial charge in [-0.05, 0) is 11.8 Å². The Morgan fingerprint density at radius 2 is 1.48 bits per heavy atom. The topological polar surface area (TPSA) is 171 Å². The number of aliphatic carboxylic acids is 1. The van der Waals surface area contributed by atoms with Crippen LogP contribution in [0.25, 0.3) is 0 Å². The third-order valence-electron chi connectivity index (χ3n) is 3.50. The number of amides is 3. The first-order valence-corrected chi connectivity index (χ1v) is 7.97. The summed E-state index contributed by atoms with van der Waals surface area (Å²) in [6.45, 7) is 5.57. The summed E-state index contributed by atoms with van der Waals surface area (Å²) in [6, 6.07) is -3.08. The maximum atomic E-state index is 12.4. The van der Waals surface area contributed by atoms with Gasteiger partial charge in [0.2, 0.25) is 17.7 Å². The smallest absolute Gasteiger partial charge is 0.322 e. The second kappa shape index (κ2) is 10.6. The quantitative estimate of drug-likeness (QED) is 0.256. The number of carboxylic acid groups (broad SMARTS) is 1. The van der Waals surface area contributed by atoms with Crippen LogP contribution in [0.1, 0.15) is 27.7 Å². The van der Waals surface area contributed by atoms with Crippen LogP contribution in [-0.4, -0.2) is 65.2 Å². The molecule has 0 aromatic rings. The molecule has 25 heavy (non-hydrogen) atoms. The van der Waals surface area contributed by atoms with E-state index in [-0.39, 0.29) is 11.8 Å². The normalized spacial score (nSPS) is 14.6. The van der Waals surface area contributed by atoms with Crippen molar-refractivity contribution in [1.29, 1.82) is 0 Å². The Kier molecular flexibility index (Phi) is 9.69. The summed E-state index contributed by atoms with van der Waals surface area (Å²) in [5.74, 6) is -3.70. The summed E-state index contributed by atoms with van der Waals surface area (Å²) in [5.41, 5.74) is 5.75. The summed E-state index contributed by atoms with van der Waals surface area (Å²) < 4.78 is 0. The molecule has 3 atom stereocenters. The SMILES string of the molecule is CC(C)C(N)C(=O)NC(C(=O)NC(CO)C(=O)NCC(=O)O)C(C)C. The molecule has 0 rings (SSSR count). The minimum absolute atomic E-state index is 0.122. The molecular weight excluding hydrogens is 332 g/mol. The van der Waals surface area contributed by atoms with Gasteiger partial charge >= 0.3 is 5.97 Å². The molecule has 0 saturated heterocycles. The zero-order valence-electron chi connectivity index (χ0n) is 14.9. The number of hydrogen-bond acceptors (Lipinski definition) is 6. The lowest BCUT2D eigenvalue weighted by Crippen LogP contribution is -2.58. The molecule has 0 saturated carbocycles. The summed E-state index contributed by atoms with van der Waals surface area (Å²) in [5, 5.41) is 24.7. The van der Waals surface area contributed by atoms with Crippen molar-refractivity contribution in [1.82, 2.24) is 16.0 Å². The molecule has 3 amide bonds. The van der Waals surface area contributed by atoms with E-state index >= 15 is 0 Å². The van der Waals surface area contributed by atoms with Gasteiger partial charge in [-0.2, -0.15) is 0 Å². The van der Waals surface area contributed by atoms with E-state index in [1.165, 1.54) is 0 Å². The van der Waals surface area contributed by atoms with Gasteiger partial charge in [-0.15, -0.1) is 0 Å². The summed E-state index contributed by atoms with van der Waals surface area (Å²) >= 11 is 0. The Balaban J connectivity index is 4.94. The molecule has 0 aliphatic heterocycles. The Hall–Kier alpha value is -2.20.